The van der Waals surface area contributed by atoms with Gasteiger partial charge in [-0.1, -0.05) is 0 Å². The Morgan fingerprint density at radius 2 is 2.24 bits per heavy atom. The summed E-state index contributed by atoms with van der Waals surface area (Å²) in [6.07, 6.45) is 2.71. The van der Waals surface area contributed by atoms with Gasteiger partial charge >= 0.3 is 0 Å². The Labute approximate surface area is 112 Å². The molecule has 2 heterocycles. The average Bonchev–Trinajstić information content (AvgIpc) is 2.75. The summed E-state index contributed by atoms with van der Waals surface area (Å²) < 4.78 is 1.17. The smallest absolute Gasteiger partial charge is 0.144 e. The molecule has 0 atom stereocenters. The second-order valence-corrected chi connectivity index (χ2v) is 5.99. The van der Waals surface area contributed by atoms with Crippen LogP contribution in [-0.2, 0) is 13.0 Å². The van der Waals surface area contributed by atoms with Crippen molar-refractivity contribution in [3.05, 3.63) is 38.9 Å². The Morgan fingerprint density at radius 1 is 1.35 bits per heavy atom. The summed E-state index contributed by atoms with van der Waals surface area (Å²) in [5, 5.41) is 3.26. The summed E-state index contributed by atoms with van der Waals surface area (Å²) in [6.45, 7) is 1.22. The van der Waals surface area contributed by atoms with Crippen LogP contribution in [0.4, 0.5) is 5.82 Å². The minimum absolute atomic E-state index is 0.368. The number of anilines is 1. The van der Waals surface area contributed by atoms with Crippen LogP contribution in [0, 0.1) is 0 Å². The SMILES string of the molecule is NCc1nccc(NCCc2ccc(Br)s2)n1. The van der Waals surface area contributed by atoms with Gasteiger partial charge in [-0.3, -0.25) is 0 Å². The van der Waals surface area contributed by atoms with E-state index in [9.17, 15) is 0 Å². The van der Waals surface area contributed by atoms with Crippen molar-refractivity contribution in [1.82, 2.24) is 9.97 Å². The van der Waals surface area contributed by atoms with E-state index in [1.807, 2.05) is 6.07 Å². The van der Waals surface area contributed by atoms with E-state index in [4.69, 9.17) is 5.73 Å². The van der Waals surface area contributed by atoms with Crippen molar-refractivity contribution < 1.29 is 0 Å². The first-order valence-corrected chi connectivity index (χ1v) is 6.89. The van der Waals surface area contributed by atoms with Crippen molar-refractivity contribution in [3.63, 3.8) is 0 Å². The van der Waals surface area contributed by atoms with Crippen LogP contribution in [0.15, 0.2) is 28.2 Å². The maximum atomic E-state index is 5.48. The molecule has 0 unspecified atom stereocenters. The summed E-state index contributed by atoms with van der Waals surface area (Å²) in [6, 6.07) is 6.04. The second kappa shape index (κ2) is 6.09. The van der Waals surface area contributed by atoms with Crippen molar-refractivity contribution in [2.75, 3.05) is 11.9 Å². The van der Waals surface area contributed by atoms with Crippen molar-refractivity contribution in [2.45, 2.75) is 13.0 Å². The molecule has 3 N–H and O–H groups in total. The van der Waals surface area contributed by atoms with E-state index in [-0.39, 0.29) is 0 Å². The number of hydrogen-bond acceptors (Lipinski definition) is 5. The Hall–Kier alpha value is -0.980. The Kier molecular flexibility index (Phi) is 4.47. The predicted octanol–water partition coefficient (Wildman–Crippen LogP) is 2.41. The van der Waals surface area contributed by atoms with Crippen molar-refractivity contribution in [2.24, 2.45) is 5.73 Å². The highest BCUT2D eigenvalue weighted by molar-refractivity contribution is 9.11. The molecule has 2 rings (SSSR count). The topological polar surface area (TPSA) is 63.8 Å². The normalized spacial score (nSPS) is 10.5. The van der Waals surface area contributed by atoms with Gasteiger partial charge in [0.2, 0.25) is 0 Å². The molecular formula is C11H13BrN4S. The third kappa shape index (κ3) is 3.76. The Balaban J connectivity index is 1.85. The highest BCUT2D eigenvalue weighted by Crippen LogP contribution is 2.22. The molecule has 4 nitrogen and oxygen atoms in total. The maximum Gasteiger partial charge on any atom is 0.144 e. The monoisotopic (exact) mass is 312 g/mol. The van der Waals surface area contributed by atoms with E-state index in [1.165, 1.54) is 8.66 Å². The van der Waals surface area contributed by atoms with Crippen LogP contribution in [0.2, 0.25) is 0 Å². The molecule has 90 valence electrons. The molecule has 0 amide bonds. The Bertz CT molecular complexity index is 486. The number of nitrogens with zero attached hydrogens (tertiary/aromatic N) is 2. The zero-order valence-corrected chi connectivity index (χ0v) is 11.6. The highest BCUT2D eigenvalue weighted by atomic mass is 79.9. The van der Waals surface area contributed by atoms with Gasteiger partial charge in [-0.2, -0.15) is 0 Å². The van der Waals surface area contributed by atoms with E-state index < -0.39 is 0 Å². The van der Waals surface area contributed by atoms with Gasteiger partial charge in [-0.15, -0.1) is 11.3 Å². The molecule has 2 aromatic heterocycles. The second-order valence-electron chi connectivity index (χ2n) is 3.44. The molecule has 0 spiro atoms. The van der Waals surface area contributed by atoms with E-state index >= 15 is 0 Å². The molecule has 0 saturated carbocycles. The number of nitrogens with two attached hydrogens (primary N) is 1. The number of aromatic nitrogens is 2. The molecule has 0 radical (unpaired) electrons. The number of halogens is 1. The molecular weight excluding hydrogens is 300 g/mol. The number of nitrogens with one attached hydrogen (secondary N) is 1. The van der Waals surface area contributed by atoms with Crippen LogP contribution in [0.3, 0.4) is 0 Å². The minimum Gasteiger partial charge on any atom is -0.370 e. The van der Waals surface area contributed by atoms with Gasteiger partial charge in [0.15, 0.2) is 0 Å². The maximum absolute atomic E-state index is 5.48. The molecule has 0 fully saturated rings. The van der Waals surface area contributed by atoms with E-state index in [0.29, 0.717) is 12.4 Å². The first kappa shape index (κ1) is 12.5. The number of hydrogen-bond donors (Lipinski definition) is 2. The molecule has 6 heteroatoms. The largest absolute Gasteiger partial charge is 0.370 e. The standard InChI is InChI=1S/C11H13BrN4S/c12-9-2-1-8(17-9)3-5-14-10-4-6-15-11(7-13)16-10/h1-2,4,6H,3,5,7,13H2,(H,14,15,16). The third-order valence-electron chi connectivity index (χ3n) is 2.19. The predicted molar refractivity (Wildman–Crippen MR) is 74.1 cm³/mol. The van der Waals surface area contributed by atoms with Gasteiger partial charge in [-0.25, -0.2) is 9.97 Å². The fourth-order valence-corrected chi connectivity index (χ4v) is 2.88. The molecule has 0 saturated heterocycles. The lowest BCUT2D eigenvalue weighted by Gasteiger charge is -2.05. The fourth-order valence-electron chi connectivity index (χ4n) is 1.40. The molecule has 17 heavy (non-hydrogen) atoms. The molecule has 0 aliphatic rings. The van der Waals surface area contributed by atoms with Crippen molar-refractivity contribution in [3.8, 4) is 0 Å². The summed E-state index contributed by atoms with van der Waals surface area (Å²) in [5.41, 5.74) is 5.48. The van der Waals surface area contributed by atoms with Crippen LogP contribution in [0.1, 0.15) is 10.7 Å². The summed E-state index contributed by atoms with van der Waals surface area (Å²) in [7, 11) is 0. The highest BCUT2D eigenvalue weighted by Gasteiger charge is 1.99. The lowest BCUT2D eigenvalue weighted by atomic mass is 10.3. The fraction of sp³-hybridized carbons (Fsp3) is 0.273. The van der Waals surface area contributed by atoms with Crippen LogP contribution in [-0.4, -0.2) is 16.5 Å². The summed E-state index contributed by atoms with van der Waals surface area (Å²) in [4.78, 5) is 9.67. The first-order chi connectivity index (χ1) is 8.28. The van der Waals surface area contributed by atoms with Crippen LogP contribution in [0.25, 0.3) is 0 Å². The van der Waals surface area contributed by atoms with Crippen LogP contribution in [0.5, 0.6) is 0 Å². The van der Waals surface area contributed by atoms with Gasteiger partial charge in [0.1, 0.15) is 11.6 Å². The molecule has 0 bridgehead atoms. The zero-order chi connectivity index (χ0) is 12.1. The van der Waals surface area contributed by atoms with Gasteiger partial charge in [0, 0.05) is 17.6 Å². The third-order valence-corrected chi connectivity index (χ3v) is 3.88. The molecule has 2 aromatic rings. The van der Waals surface area contributed by atoms with Crippen LogP contribution >= 0.6 is 27.3 Å². The van der Waals surface area contributed by atoms with Crippen molar-refractivity contribution >= 4 is 33.1 Å². The molecule has 0 aliphatic carbocycles. The van der Waals surface area contributed by atoms with Crippen LogP contribution < -0.4 is 11.1 Å². The number of thiophene rings is 1. The van der Waals surface area contributed by atoms with Gasteiger partial charge in [0.25, 0.3) is 0 Å². The Morgan fingerprint density at radius 3 is 2.94 bits per heavy atom. The summed E-state index contributed by atoms with van der Waals surface area (Å²) in [5.74, 6) is 1.49. The molecule has 0 aromatic carbocycles. The van der Waals surface area contributed by atoms with Gasteiger partial charge in [0.05, 0.1) is 10.3 Å². The molecule has 0 aliphatic heterocycles. The zero-order valence-electron chi connectivity index (χ0n) is 9.19. The number of rotatable bonds is 5. The first-order valence-electron chi connectivity index (χ1n) is 5.28. The lowest BCUT2D eigenvalue weighted by Crippen LogP contribution is -2.09. The van der Waals surface area contributed by atoms with E-state index in [1.54, 1.807) is 17.5 Å². The minimum atomic E-state index is 0.368. The van der Waals surface area contributed by atoms with Gasteiger partial charge < -0.3 is 11.1 Å². The lowest BCUT2D eigenvalue weighted by molar-refractivity contribution is 0.902. The van der Waals surface area contributed by atoms with E-state index in [2.05, 4.69) is 43.3 Å². The average molecular weight is 313 g/mol. The van der Waals surface area contributed by atoms with Crippen molar-refractivity contribution in [1.29, 1.82) is 0 Å². The quantitative estimate of drug-likeness (QED) is 0.890. The van der Waals surface area contributed by atoms with Gasteiger partial charge in [-0.05, 0) is 40.5 Å². The summed E-state index contributed by atoms with van der Waals surface area (Å²) >= 11 is 5.21. The van der Waals surface area contributed by atoms with E-state index in [0.717, 1.165) is 18.8 Å².